The molecule has 0 saturated heterocycles. The van der Waals surface area contributed by atoms with E-state index in [0.717, 1.165) is 24.5 Å². The van der Waals surface area contributed by atoms with Crippen LogP contribution in [-0.2, 0) is 6.54 Å². The second kappa shape index (κ2) is 7.22. The SMILES string of the molecule is CCC(CC)CN(CC)c1nnccc1CN. The van der Waals surface area contributed by atoms with Gasteiger partial charge in [0.05, 0.1) is 6.20 Å². The molecule has 0 aliphatic heterocycles. The van der Waals surface area contributed by atoms with Crippen LogP contribution in [0.25, 0.3) is 0 Å². The zero-order chi connectivity index (χ0) is 12.7. The maximum Gasteiger partial charge on any atom is 0.155 e. The van der Waals surface area contributed by atoms with E-state index in [1.54, 1.807) is 6.20 Å². The first-order valence-electron chi connectivity index (χ1n) is 6.52. The fraction of sp³-hybridized carbons (Fsp3) is 0.692. The first kappa shape index (κ1) is 13.9. The molecule has 1 aromatic rings. The summed E-state index contributed by atoms with van der Waals surface area (Å²) in [6.07, 6.45) is 4.10. The van der Waals surface area contributed by atoms with E-state index in [0.29, 0.717) is 12.5 Å². The first-order chi connectivity index (χ1) is 8.26. The lowest BCUT2D eigenvalue weighted by molar-refractivity contribution is 0.483. The summed E-state index contributed by atoms with van der Waals surface area (Å²) in [6.45, 7) is 9.13. The first-order valence-corrected chi connectivity index (χ1v) is 6.52. The summed E-state index contributed by atoms with van der Waals surface area (Å²) in [6, 6.07) is 1.96. The van der Waals surface area contributed by atoms with Gasteiger partial charge in [-0.1, -0.05) is 26.7 Å². The summed E-state index contributed by atoms with van der Waals surface area (Å²) >= 11 is 0. The molecular formula is C13H24N4. The lowest BCUT2D eigenvalue weighted by Crippen LogP contribution is -2.31. The number of nitrogens with two attached hydrogens (primary N) is 1. The highest BCUT2D eigenvalue weighted by Crippen LogP contribution is 2.19. The van der Waals surface area contributed by atoms with Gasteiger partial charge in [-0.3, -0.25) is 0 Å². The molecule has 96 valence electrons. The highest BCUT2D eigenvalue weighted by Gasteiger charge is 2.14. The van der Waals surface area contributed by atoms with Gasteiger partial charge in [0.2, 0.25) is 0 Å². The number of aromatic nitrogens is 2. The van der Waals surface area contributed by atoms with Gasteiger partial charge in [0.15, 0.2) is 5.82 Å². The second-order valence-corrected chi connectivity index (χ2v) is 4.31. The summed E-state index contributed by atoms with van der Waals surface area (Å²) in [5.41, 5.74) is 6.82. The lowest BCUT2D eigenvalue weighted by Gasteiger charge is -2.27. The molecule has 4 nitrogen and oxygen atoms in total. The van der Waals surface area contributed by atoms with E-state index >= 15 is 0 Å². The fourth-order valence-electron chi connectivity index (χ4n) is 2.00. The van der Waals surface area contributed by atoms with Crippen molar-refractivity contribution < 1.29 is 0 Å². The van der Waals surface area contributed by atoms with Crippen LogP contribution in [0.3, 0.4) is 0 Å². The van der Waals surface area contributed by atoms with Crippen molar-refractivity contribution in [1.82, 2.24) is 10.2 Å². The minimum absolute atomic E-state index is 0.518. The van der Waals surface area contributed by atoms with Crippen molar-refractivity contribution in [3.8, 4) is 0 Å². The highest BCUT2D eigenvalue weighted by molar-refractivity contribution is 5.45. The molecule has 0 bridgehead atoms. The molecule has 4 heteroatoms. The molecule has 0 unspecified atom stereocenters. The van der Waals surface area contributed by atoms with Crippen LogP contribution in [0.2, 0.25) is 0 Å². The van der Waals surface area contributed by atoms with Crippen LogP contribution >= 0.6 is 0 Å². The molecule has 0 radical (unpaired) electrons. The van der Waals surface area contributed by atoms with Gasteiger partial charge in [0, 0.05) is 25.2 Å². The lowest BCUT2D eigenvalue weighted by atomic mass is 10.0. The van der Waals surface area contributed by atoms with Gasteiger partial charge < -0.3 is 10.6 Å². The largest absolute Gasteiger partial charge is 0.355 e. The van der Waals surface area contributed by atoms with Crippen LogP contribution in [0.4, 0.5) is 5.82 Å². The quantitative estimate of drug-likeness (QED) is 0.788. The molecule has 1 rings (SSSR count). The molecule has 0 saturated carbocycles. The number of anilines is 1. The Morgan fingerprint density at radius 3 is 2.53 bits per heavy atom. The van der Waals surface area contributed by atoms with Gasteiger partial charge in [-0.2, -0.15) is 5.10 Å². The molecule has 1 heterocycles. The van der Waals surface area contributed by atoms with Gasteiger partial charge in [-0.15, -0.1) is 5.10 Å². The van der Waals surface area contributed by atoms with E-state index in [4.69, 9.17) is 5.73 Å². The molecule has 0 aromatic carbocycles. The van der Waals surface area contributed by atoms with E-state index in [1.807, 2.05) is 6.07 Å². The molecule has 0 amide bonds. The van der Waals surface area contributed by atoms with Crippen molar-refractivity contribution in [2.45, 2.75) is 40.2 Å². The Bertz CT molecular complexity index is 323. The van der Waals surface area contributed by atoms with Crippen LogP contribution < -0.4 is 10.6 Å². The average Bonchev–Trinajstić information content (AvgIpc) is 2.40. The molecule has 0 atom stereocenters. The third-order valence-corrected chi connectivity index (χ3v) is 3.32. The van der Waals surface area contributed by atoms with Crippen molar-refractivity contribution in [1.29, 1.82) is 0 Å². The monoisotopic (exact) mass is 236 g/mol. The number of nitrogens with zero attached hydrogens (tertiary/aromatic N) is 3. The standard InChI is InChI=1S/C13H24N4/c1-4-11(5-2)10-17(6-3)13-12(9-14)7-8-15-16-13/h7-8,11H,4-6,9-10,14H2,1-3H3. The van der Waals surface area contributed by atoms with Crippen molar-refractivity contribution in [2.24, 2.45) is 11.7 Å². The molecule has 0 aliphatic carbocycles. The maximum atomic E-state index is 5.74. The Kier molecular flexibility index (Phi) is 5.91. The van der Waals surface area contributed by atoms with Gasteiger partial charge in [-0.25, -0.2) is 0 Å². The Balaban J connectivity index is 2.85. The fourth-order valence-corrected chi connectivity index (χ4v) is 2.00. The Morgan fingerprint density at radius 2 is 2.00 bits per heavy atom. The molecule has 17 heavy (non-hydrogen) atoms. The topological polar surface area (TPSA) is 55.0 Å². The Hall–Kier alpha value is -1.16. The molecule has 0 spiro atoms. The molecule has 2 N–H and O–H groups in total. The van der Waals surface area contributed by atoms with Gasteiger partial charge in [-0.05, 0) is 18.9 Å². The van der Waals surface area contributed by atoms with Crippen LogP contribution in [-0.4, -0.2) is 23.3 Å². The second-order valence-electron chi connectivity index (χ2n) is 4.31. The van der Waals surface area contributed by atoms with Crippen LogP contribution in [0.1, 0.15) is 39.2 Å². The maximum absolute atomic E-state index is 5.74. The highest BCUT2D eigenvalue weighted by atomic mass is 15.3. The minimum atomic E-state index is 0.518. The number of hydrogen-bond donors (Lipinski definition) is 1. The Morgan fingerprint density at radius 1 is 1.29 bits per heavy atom. The molecule has 0 aliphatic rings. The third-order valence-electron chi connectivity index (χ3n) is 3.32. The van der Waals surface area contributed by atoms with E-state index in [-0.39, 0.29) is 0 Å². The summed E-state index contributed by atoms with van der Waals surface area (Å²) in [5.74, 6) is 1.66. The van der Waals surface area contributed by atoms with Crippen LogP contribution in [0, 0.1) is 5.92 Å². The molecule has 1 aromatic heterocycles. The number of hydrogen-bond acceptors (Lipinski definition) is 4. The average molecular weight is 236 g/mol. The summed E-state index contributed by atoms with van der Waals surface area (Å²) in [4.78, 5) is 2.28. The Labute approximate surface area is 104 Å². The van der Waals surface area contributed by atoms with Gasteiger partial charge in [0.1, 0.15) is 0 Å². The van der Waals surface area contributed by atoms with Crippen LogP contribution in [0.15, 0.2) is 12.3 Å². The van der Waals surface area contributed by atoms with Gasteiger partial charge in [0.25, 0.3) is 0 Å². The normalized spacial score (nSPS) is 10.9. The summed E-state index contributed by atoms with van der Waals surface area (Å²) in [5, 5.41) is 8.21. The predicted molar refractivity (Wildman–Crippen MR) is 71.9 cm³/mol. The van der Waals surface area contributed by atoms with Crippen molar-refractivity contribution >= 4 is 5.82 Å². The zero-order valence-electron chi connectivity index (χ0n) is 11.2. The van der Waals surface area contributed by atoms with Crippen molar-refractivity contribution in [2.75, 3.05) is 18.0 Å². The summed E-state index contributed by atoms with van der Waals surface area (Å²) in [7, 11) is 0. The zero-order valence-corrected chi connectivity index (χ0v) is 11.2. The van der Waals surface area contributed by atoms with Crippen molar-refractivity contribution in [3.05, 3.63) is 17.8 Å². The van der Waals surface area contributed by atoms with Crippen LogP contribution in [0.5, 0.6) is 0 Å². The van der Waals surface area contributed by atoms with E-state index in [2.05, 4.69) is 35.9 Å². The van der Waals surface area contributed by atoms with E-state index in [1.165, 1.54) is 12.8 Å². The van der Waals surface area contributed by atoms with E-state index in [9.17, 15) is 0 Å². The van der Waals surface area contributed by atoms with Crippen molar-refractivity contribution in [3.63, 3.8) is 0 Å². The molecule has 0 fully saturated rings. The predicted octanol–water partition coefficient (Wildman–Crippen LogP) is 2.20. The number of rotatable bonds is 7. The van der Waals surface area contributed by atoms with E-state index < -0.39 is 0 Å². The smallest absolute Gasteiger partial charge is 0.155 e. The minimum Gasteiger partial charge on any atom is -0.355 e. The third kappa shape index (κ3) is 3.66. The van der Waals surface area contributed by atoms with Gasteiger partial charge >= 0.3 is 0 Å². The molecular weight excluding hydrogens is 212 g/mol. The summed E-state index contributed by atoms with van der Waals surface area (Å²) < 4.78 is 0.